The van der Waals surface area contributed by atoms with Crippen LogP contribution in [0.15, 0.2) is 36.7 Å². The molecule has 5 rings (SSSR count). The third-order valence-corrected chi connectivity index (χ3v) is 5.77. The van der Waals surface area contributed by atoms with Gasteiger partial charge in [-0.3, -0.25) is 4.79 Å². The molecule has 0 aromatic carbocycles. The maximum atomic E-state index is 12.9. The van der Waals surface area contributed by atoms with Crippen LogP contribution in [0, 0.1) is 6.92 Å². The van der Waals surface area contributed by atoms with Crippen molar-refractivity contribution in [3.05, 3.63) is 59.2 Å². The lowest BCUT2D eigenvalue weighted by atomic mass is 10.1. The van der Waals surface area contributed by atoms with Crippen LogP contribution in [0.1, 0.15) is 35.9 Å². The van der Waals surface area contributed by atoms with Crippen molar-refractivity contribution in [3.63, 3.8) is 0 Å². The van der Waals surface area contributed by atoms with Crippen LogP contribution < -0.4 is 10.2 Å². The van der Waals surface area contributed by atoms with Gasteiger partial charge < -0.3 is 14.6 Å². The summed E-state index contributed by atoms with van der Waals surface area (Å²) >= 11 is 0. The van der Waals surface area contributed by atoms with E-state index in [9.17, 15) is 4.79 Å². The van der Waals surface area contributed by atoms with Crippen molar-refractivity contribution in [3.8, 4) is 0 Å². The Kier molecular flexibility index (Phi) is 4.43. The lowest BCUT2D eigenvalue weighted by Gasteiger charge is -2.33. The van der Waals surface area contributed by atoms with Crippen LogP contribution in [-0.2, 0) is 11.2 Å². The molecule has 1 saturated heterocycles. The van der Waals surface area contributed by atoms with Gasteiger partial charge in [0.15, 0.2) is 5.78 Å². The average Bonchev–Trinajstić information content (AvgIpc) is 3.05. The van der Waals surface area contributed by atoms with Gasteiger partial charge >= 0.3 is 0 Å². The summed E-state index contributed by atoms with van der Waals surface area (Å²) in [6.45, 7) is 7.11. The van der Waals surface area contributed by atoms with Crippen LogP contribution in [0.3, 0.4) is 0 Å². The lowest BCUT2D eigenvalue weighted by molar-refractivity contribution is -0.113. The second-order valence-electron chi connectivity index (χ2n) is 8.08. The molecular weight excluding hydrogens is 362 g/mol. The highest BCUT2D eigenvalue weighted by Gasteiger charge is 2.22. The first-order valence-electron chi connectivity index (χ1n) is 10.3. The Morgan fingerprint density at radius 1 is 1.17 bits per heavy atom. The molecule has 1 fully saturated rings. The molecule has 1 atom stereocenters. The highest BCUT2D eigenvalue weighted by Crippen LogP contribution is 2.28. The van der Waals surface area contributed by atoms with Crippen molar-refractivity contribution in [1.82, 2.24) is 19.7 Å². The molecule has 1 aliphatic carbocycles. The third kappa shape index (κ3) is 3.44. The molecule has 4 heterocycles. The smallest absolute Gasteiger partial charge is 0.165 e. The predicted octanol–water partition coefficient (Wildman–Crippen LogP) is 2.89. The zero-order valence-electron chi connectivity index (χ0n) is 16.9. The van der Waals surface area contributed by atoms with Gasteiger partial charge in [0.25, 0.3) is 0 Å². The van der Waals surface area contributed by atoms with E-state index in [1.54, 1.807) is 0 Å². The number of carbonyl (C=O) groups excluding carboxylic acids is 1. The minimum Gasteiger partial charge on any atom is -0.354 e. The number of ketones is 1. The highest BCUT2D eigenvalue weighted by atomic mass is 16.1. The Bertz CT molecular complexity index is 1130. The highest BCUT2D eigenvalue weighted by molar-refractivity contribution is 6.25. The molecule has 6 nitrogen and oxygen atoms in total. The number of hydrogen-bond donors (Lipinski definition) is 1. The molecule has 0 saturated carbocycles. The number of allylic oxidation sites excluding steroid dienone is 1. The molecule has 1 N–H and O–H groups in total. The first kappa shape index (κ1) is 18.1. The standard InChI is InChI=1S/C23H25N5O/c1-15-7-9-27-14-20(26-23(27)11-15)18-12-17-3-6-22(25-19(17)4-5-21(18)29)28-10-8-24-16(2)13-28/h3,6-7,9,11-12,14,16,24H,4-5,8,10,13H2,1-2H3/t16-/m0/s1. The van der Waals surface area contributed by atoms with Gasteiger partial charge in [0, 0.05) is 50.1 Å². The topological polar surface area (TPSA) is 62.5 Å². The van der Waals surface area contributed by atoms with Gasteiger partial charge in [-0.1, -0.05) is 0 Å². The fourth-order valence-corrected chi connectivity index (χ4v) is 4.18. The third-order valence-electron chi connectivity index (χ3n) is 5.77. The molecular formula is C23H25N5O. The van der Waals surface area contributed by atoms with Crippen LogP contribution in [0.2, 0.25) is 0 Å². The number of anilines is 1. The summed E-state index contributed by atoms with van der Waals surface area (Å²) < 4.78 is 1.97. The number of rotatable bonds is 2. The van der Waals surface area contributed by atoms with E-state index in [2.05, 4.69) is 29.3 Å². The van der Waals surface area contributed by atoms with E-state index < -0.39 is 0 Å². The number of pyridine rings is 2. The number of aryl methyl sites for hydroxylation is 2. The van der Waals surface area contributed by atoms with Gasteiger partial charge in [-0.15, -0.1) is 0 Å². The van der Waals surface area contributed by atoms with Crippen LogP contribution in [0.4, 0.5) is 5.82 Å². The maximum absolute atomic E-state index is 12.9. The van der Waals surface area contributed by atoms with Gasteiger partial charge in [-0.05, 0) is 61.7 Å². The molecule has 1 aliphatic heterocycles. The minimum absolute atomic E-state index is 0.125. The summed E-state index contributed by atoms with van der Waals surface area (Å²) in [6.07, 6.45) is 7.01. The molecule has 0 spiro atoms. The molecule has 29 heavy (non-hydrogen) atoms. The van der Waals surface area contributed by atoms with Crippen LogP contribution in [-0.4, -0.2) is 45.8 Å². The summed E-state index contributed by atoms with van der Waals surface area (Å²) in [5, 5.41) is 3.47. The Morgan fingerprint density at radius 2 is 2.07 bits per heavy atom. The summed E-state index contributed by atoms with van der Waals surface area (Å²) in [6, 6.07) is 8.70. The number of nitrogens with zero attached hydrogens (tertiary/aromatic N) is 4. The van der Waals surface area contributed by atoms with Crippen molar-refractivity contribution in [2.45, 2.75) is 32.7 Å². The Hall–Kier alpha value is -2.99. The fraction of sp³-hybridized carbons (Fsp3) is 0.348. The predicted molar refractivity (Wildman–Crippen MR) is 115 cm³/mol. The van der Waals surface area contributed by atoms with Crippen LogP contribution >= 0.6 is 0 Å². The second kappa shape index (κ2) is 7.12. The molecule has 3 aromatic rings. The number of hydrogen-bond acceptors (Lipinski definition) is 5. The molecule has 148 valence electrons. The Labute approximate surface area is 170 Å². The van der Waals surface area contributed by atoms with Crippen molar-refractivity contribution >= 4 is 28.9 Å². The summed E-state index contributed by atoms with van der Waals surface area (Å²) in [7, 11) is 0. The summed E-state index contributed by atoms with van der Waals surface area (Å²) in [5.41, 5.74) is 5.44. The molecule has 0 radical (unpaired) electrons. The number of aromatic nitrogens is 3. The van der Waals surface area contributed by atoms with E-state index in [0.29, 0.717) is 24.5 Å². The van der Waals surface area contributed by atoms with Crippen molar-refractivity contribution < 1.29 is 4.79 Å². The summed E-state index contributed by atoms with van der Waals surface area (Å²) in [5.74, 6) is 1.13. The normalized spacial score (nSPS) is 19.8. The molecule has 2 aliphatic rings. The zero-order valence-corrected chi connectivity index (χ0v) is 16.9. The van der Waals surface area contributed by atoms with Crippen LogP contribution in [0.5, 0.6) is 0 Å². The SMILES string of the molecule is Cc1ccn2cc(C3=Cc4ccc(N5CCN[C@@H](C)C5)nc4CCC3=O)nc2c1. The molecule has 3 aromatic heterocycles. The zero-order chi connectivity index (χ0) is 20.0. The fourth-order valence-electron chi connectivity index (χ4n) is 4.18. The second-order valence-corrected chi connectivity index (χ2v) is 8.08. The van der Waals surface area contributed by atoms with E-state index in [1.165, 1.54) is 0 Å². The number of nitrogens with one attached hydrogen (secondary N) is 1. The quantitative estimate of drug-likeness (QED) is 0.733. The van der Waals surface area contributed by atoms with E-state index in [0.717, 1.165) is 53.6 Å². The van der Waals surface area contributed by atoms with E-state index in [-0.39, 0.29) is 5.78 Å². The van der Waals surface area contributed by atoms with Gasteiger partial charge in [-0.25, -0.2) is 9.97 Å². The van der Waals surface area contributed by atoms with Gasteiger partial charge in [0.05, 0.1) is 11.4 Å². The number of imidazole rings is 1. The first-order chi connectivity index (χ1) is 14.1. The van der Waals surface area contributed by atoms with Crippen molar-refractivity contribution in [2.75, 3.05) is 24.5 Å². The number of piperazine rings is 1. The Balaban J connectivity index is 1.51. The maximum Gasteiger partial charge on any atom is 0.165 e. The number of carbonyl (C=O) groups is 1. The van der Waals surface area contributed by atoms with Crippen molar-refractivity contribution in [2.24, 2.45) is 0 Å². The van der Waals surface area contributed by atoms with Gasteiger partial charge in [-0.2, -0.15) is 0 Å². The monoisotopic (exact) mass is 387 g/mol. The van der Waals surface area contributed by atoms with Gasteiger partial charge in [0.1, 0.15) is 11.5 Å². The van der Waals surface area contributed by atoms with Gasteiger partial charge in [0.2, 0.25) is 0 Å². The molecule has 0 unspecified atom stereocenters. The summed E-state index contributed by atoms with van der Waals surface area (Å²) in [4.78, 5) is 24.8. The van der Waals surface area contributed by atoms with Crippen molar-refractivity contribution in [1.29, 1.82) is 0 Å². The first-order valence-corrected chi connectivity index (χ1v) is 10.3. The minimum atomic E-state index is 0.125. The lowest BCUT2D eigenvalue weighted by Crippen LogP contribution is -2.49. The molecule has 0 amide bonds. The van der Waals surface area contributed by atoms with E-state index in [1.807, 2.05) is 41.9 Å². The largest absolute Gasteiger partial charge is 0.354 e. The van der Waals surface area contributed by atoms with Crippen LogP contribution in [0.25, 0.3) is 17.3 Å². The van der Waals surface area contributed by atoms with E-state index in [4.69, 9.17) is 9.97 Å². The molecule has 0 bridgehead atoms. The average molecular weight is 387 g/mol. The number of Topliss-reactive ketones (excluding diaryl/α,β-unsaturated/α-hetero) is 1. The van der Waals surface area contributed by atoms with E-state index >= 15 is 0 Å². The molecule has 6 heteroatoms. The Morgan fingerprint density at radius 3 is 2.93 bits per heavy atom. The number of fused-ring (bicyclic) bond motifs is 2.